The highest BCUT2D eigenvalue weighted by Gasteiger charge is 2.34. The third-order valence-corrected chi connectivity index (χ3v) is 2.68. The summed E-state index contributed by atoms with van der Waals surface area (Å²) in [4.78, 5) is 40.7. The zero-order valence-electron chi connectivity index (χ0n) is 10.4. The Morgan fingerprint density at radius 3 is 2.89 bits per heavy atom. The van der Waals surface area contributed by atoms with E-state index in [2.05, 4.69) is 20.5 Å². The number of hydrogen-bond donors (Lipinski definition) is 2. The highest BCUT2D eigenvalue weighted by Crippen LogP contribution is 2.06. The molecule has 4 amide bonds. The Labute approximate surface area is 109 Å². The first-order valence-corrected chi connectivity index (χ1v) is 5.74. The van der Waals surface area contributed by atoms with Crippen LogP contribution in [0.5, 0.6) is 0 Å². The number of hydrogen-bond acceptors (Lipinski definition) is 5. The normalized spacial score (nSPS) is 15.2. The maximum Gasteiger partial charge on any atom is 0.327 e. The molecule has 0 spiro atoms. The van der Waals surface area contributed by atoms with Crippen LogP contribution in [0.2, 0.25) is 0 Å². The SMILES string of the molecule is CN1CC(=O)N(CC(=O)NCCc2ncn[nH]2)C1=O. The van der Waals surface area contributed by atoms with Crippen molar-refractivity contribution in [1.82, 2.24) is 30.3 Å². The summed E-state index contributed by atoms with van der Waals surface area (Å²) >= 11 is 0. The van der Waals surface area contributed by atoms with Crippen LogP contribution in [0.1, 0.15) is 5.82 Å². The Morgan fingerprint density at radius 1 is 1.53 bits per heavy atom. The summed E-state index contributed by atoms with van der Waals surface area (Å²) in [6.07, 6.45) is 1.89. The number of urea groups is 1. The summed E-state index contributed by atoms with van der Waals surface area (Å²) in [5, 5.41) is 8.96. The van der Waals surface area contributed by atoms with E-state index in [0.717, 1.165) is 4.90 Å². The molecule has 0 radical (unpaired) electrons. The smallest absolute Gasteiger partial charge is 0.327 e. The molecule has 1 aromatic rings. The summed E-state index contributed by atoms with van der Waals surface area (Å²) in [6.45, 7) is 0.128. The Bertz CT molecular complexity index is 485. The summed E-state index contributed by atoms with van der Waals surface area (Å²) < 4.78 is 0. The van der Waals surface area contributed by atoms with Crippen LogP contribution in [0.25, 0.3) is 0 Å². The minimum atomic E-state index is -0.449. The van der Waals surface area contributed by atoms with Gasteiger partial charge in [-0.3, -0.25) is 19.6 Å². The van der Waals surface area contributed by atoms with E-state index in [4.69, 9.17) is 0 Å². The molecule has 1 saturated heterocycles. The maximum atomic E-state index is 11.6. The van der Waals surface area contributed by atoms with Gasteiger partial charge in [-0.15, -0.1) is 0 Å². The van der Waals surface area contributed by atoms with Gasteiger partial charge < -0.3 is 10.2 Å². The molecule has 0 saturated carbocycles. The molecule has 1 aromatic heterocycles. The number of amides is 4. The number of carbonyl (C=O) groups excluding carboxylic acids is 3. The van der Waals surface area contributed by atoms with Crippen molar-refractivity contribution in [2.24, 2.45) is 0 Å². The first-order valence-electron chi connectivity index (χ1n) is 5.74. The fourth-order valence-corrected chi connectivity index (χ4v) is 1.70. The first kappa shape index (κ1) is 13.0. The number of aromatic amines is 1. The van der Waals surface area contributed by atoms with Crippen molar-refractivity contribution in [3.8, 4) is 0 Å². The van der Waals surface area contributed by atoms with E-state index < -0.39 is 6.03 Å². The molecule has 9 heteroatoms. The molecule has 2 heterocycles. The zero-order valence-corrected chi connectivity index (χ0v) is 10.4. The lowest BCUT2D eigenvalue weighted by Crippen LogP contribution is -2.41. The molecule has 0 unspecified atom stereocenters. The van der Waals surface area contributed by atoms with E-state index in [1.54, 1.807) is 0 Å². The van der Waals surface area contributed by atoms with Gasteiger partial charge in [-0.05, 0) is 0 Å². The van der Waals surface area contributed by atoms with Crippen molar-refractivity contribution < 1.29 is 14.4 Å². The fraction of sp³-hybridized carbons (Fsp3) is 0.500. The van der Waals surface area contributed by atoms with Gasteiger partial charge in [0.25, 0.3) is 5.91 Å². The van der Waals surface area contributed by atoms with E-state index in [1.165, 1.54) is 18.3 Å². The van der Waals surface area contributed by atoms with Gasteiger partial charge in [0.15, 0.2) is 0 Å². The molecule has 9 nitrogen and oxygen atoms in total. The molecular formula is C10H14N6O3. The lowest BCUT2D eigenvalue weighted by atomic mass is 10.4. The second-order valence-electron chi connectivity index (χ2n) is 4.15. The van der Waals surface area contributed by atoms with Crippen LogP contribution < -0.4 is 5.32 Å². The van der Waals surface area contributed by atoms with Gasteiger partial charge in [0, 0.05) is 20.0 Å². The van der Waals surface area contributed by atoms with E-state index in [1.807, 2.05) is 0 Å². The second-order valence-corrected chi connectivity index (χ2v) is 4.15. The molecule has 1 fully saturated rings. The van der Waals surface area contributed by atoms with Gasteiger partial charge in [-0.25, -0.2) is 9.78 Å². The van der Waals surface area contributed by atoms with Crippen molar-refractivity contribution >= 4 is 17.8 Å². The van der Waals surface area contributed by atoms with Crippen LogP contribution >= 0.6 is 0 Å². The predicted molar refractivity (Wildman–Crippen MR) is 62.8 cm³/mol. The van der Waals surface area contributed by atoms with E-state index in [9.17, 15) is 14.4 Å². The average Bonchev–Trinajstić information content (AvgIpc) is 2.94. The van der Waals surface area contributed by atoms with Crippen LogP contribution in [0.4, 0.5) is 4.79 Å². The standard InChI is InChI=1S/C10H14N6O3/c1-15-5-9(18)16(10(15)19)4-8(17)11-3-2-7-12-6-13-14-7/h6H,2-5H2,1H3,(H,11,17)(H,12,13,14). The molecule has 19 heavy (non-hydrogen) atoms. The number of H-pyrrole nitrogens is 1. The Morgan fingerprint density at radius 2 is 2.32 bits per heavy atom. The van der Waals surface area contributed by atoms with Crippen molar-refractivity contribution in [2.75, 3.05) is 26.7 Å². The van der Waals surface area contributed by atoms with Crippen LogP contribution in [-0.4, -0.2) is 69.5 Å². The average molecular weight is 266 g/mol. The van der Waals surface area contributed by atoms with Gasteiger partial charge in [-0.2, -0.15) is 5.10 Å². The van der Waals surface area contributed by atoms with Crippen LogP contribution in [0.3, 0.4) is 0 Å². The zero-order chi connectivity index (χ0) is 13.8. The Kier molecular flexibility index (Phi) is 3.74. The third kappa shape index (κ3) is 3.06. The largest absolute Gasteiger partial charge is 0.354 e. The highest BCUT2D eigenvalue weighted by atomic mass is 16.2. The molecule has 2 rings (SSSR count). The van der Waals surface area contributed by atoms with Gasteiger partial charge in [0.05, 0.1) is 0 Å². The summed E-state index contributed by atoms with van der Waals surface area (Å²) in [5.41, 5.74) is 0. The predicted octanol–water partition coefficient (Wildman–Crippen LogP) is -1.64. The van der Waals surface area contributed by atoms with Crippen LogP contribution in [-0.2, 0) is 16.0 Å². The topological polar surface area (TPSA) is 111 Å². The number of nitrogens with zero attached hydrogens (tertiary/aromatic N) is 4. The minimum Gasteiger partial charge on any atom is -0.354 e. The van der Waals surface area contributed by atoms with Gasteiger partial charge in [0.2, 0.25) is 5.91 Å². The van der Waals surface area contributed by atoms with Crippen LogP contribution in [0, 0.1) is 0 Å². The molecule has 0 aromatic carbocycles. The quantitative estimate of drug-likeness (QED) is 0.621. The lowest BCUT2D eigenvalue weighted by molar-refractivity contribution is -0.130. The molecular weight excluding hydrogens is 252 g/mol. The van der Waals surface area contributed by atoms with Crippen molar-refractivity contribution in [3.63, 3.8) is 0 Å². The number of rotatable bonds is 5. The Hall–Kier alpha value is -2.45. The molecule has 2 N–H and O–H groups in total. The molecule has 0 bridgehead atoms. The fourth-order valence-electron chi connectivity index (χ4n) is 1.70. The number of likely N-dealkylation sites (N-methyl/N-ethyl adjacent to an activating group) is 1. The monoisotopic (exact) mass is 266 g/mol. The summed E-state index contributed by atoms with van der Waals surface area (Å²) in [5.74, 6) is -0.0808. The summed E-state index contributed by atoms with van der Waals surface area (Å²) in [6, 6.07) is -0.449. The van der Waals surface area contributed by atoms with E-state index >= 15 is 0 Å². The number of nitrogens with one attached hydrogen (secondary N) is 2. The molecule has 102 valence electrons. The van der Waals surface area contributed by atoms with Crippen LogP contribution in [0.15, 0.2) is 6.33 Å². The van der Waals surface area contributed by atoms with Gasteiger partial charge in [-0.1, -0.05) is 0 Å². The van der Waals surface area contributed by atoms with E-state index in [-0.39, 0.29) is 24.9 Å². The number of carbonyl (C=O) groups is 3. The Balaban J connectivity index is 1.75. The second kappa shape index (κ2) is 5.46. The van der Waals surface area contributed by atoms with Crippen molar-refractivity contribution in [1.29, 1.82) is 0 Å². The number of imide groups is 1. The first-order chi connectivity index (χ1) is 9.08. The molecule has 1 aliphatic heterocycles. The lowest BCUT2D eigenvalue weighted by Gasteiger charge is -2.13. The van der Waals surface area contributed by atoms with Crippen molar-refractivity contribution in [2.45, 2.75) is 6.42 Å². The number of aromatic nitrogens is 3. The van der Waals surface area contributed by atoms with Gasteiger partial charge >= 0.3 is 6.03 Å². The van der Waals surface area contributed by atoms with Crippen molar-refractivity contribution in [3.05, 3.63) is 12.2 Å². The highest BCUT2D eigenvalue weighted by molar-refractivity contribution is 6.04. The maximum absolute atomic E-state index is 11.6. The molecule has 0 atom stereocenters. The van der Waals surface area contributed by atoms with Gasteiger partial charge in [0.1, 0.15) is 25.2 Å². The summed E-state index contributed by atoms with van der Waals surface area (Å²) in [7, 11) is 1.52. The molecule has 0 aliphatic carbocycles. The minimum absolute atomic E-state index is 0.0180. The molecule has 1 aliphatic rings. The third-order valence-electron chi connectivity index (χ3n) is 2.68. The van der Waals surface area contributed by atoms with E-state index in [0.29, 0.717) is 18.8 Å².